The molecule has 1 aliphatic heterocycles. The van der Waals surface area contributed by atoms with Crippen LogP contribution in [0.4, 0.5) is 0 Å². The van der Waals surface area contributed by atoms with Gasteiger partial charge in [0.2, 0.25) is 0 Å². The Balaban J connectivity index is 1.94. The second-order valence-electron chi connectivity index (χ2n) is 6.12. The van der Waals surface area contributed by atoms with Gasteiger partial charge in [0.25, 0.3) is 0 Å². The van der Waals surface area contributed by atoms with Gasteiger partial charge in [-0.15, -0.1) is 0 Å². The molecule has 0 amide bonds. The third kappa shape index (κ3) is 3.07. The van der Waals surface area contributed by atoms with Crippen LogP contribution in [0.15, 0.2) is 16.6 Å². The molecule has 1 N–H and O–H groups in total. The van der Waals surface area contributed by atoms with Crippen LogP contribution in [-0.4, -0.2) is 19.8 Å². The predicted octanol–water partition coefficient (Wildman–Crippen LogP) is 4.31. The van der Waals surface area contributed by atoms with Gasteiger partial charge in [-0.2, -0.15) is 0 Å². The lowest BCUT2D eigenvalue weighted by Crippen LogP contribution is -2.30. The lowest BCUT2D eigenvalue weighted by Gasteiger charge is -2.30. The van der Waals surface area contributed by atoms with Crippen molar-refractivity contribution in [1.29, 1.82) is 0 Å². The number of rotatable bonds is 4. The first-order valence-corrected chi connectivity index (χ1v) is 8.82. The van der Waals surface area contributed by atoms with Crippen molar-refractivity contribution in [3.63, 3.8) is 0 Å². The fourth-order valence-corrected chi connectivity index (χ4v) is 4.27. The third-order valence-electron chi connectivity index (χ3n) is 4.78. The zero-order chi connectivity index (χ0) is 14.8. The number of hydrogen-bond acceptors (Lipinski definition) is 3. The van der Waals surface area contributed by atoms with E-state index in [1.165, 1.54) is 24.8 Å². The van der Waals surface area contributed by atoms with Crippen LogP contribution in [0.5, 0.6) is 11.5 Å². The first kappa shape index (κ1) is 15.2. The summed E-state index contributed by atoms with van der Waals surface area (Å²) >= 11 is 3.74. The zero-order valence-corrected chi connectivity index (χ0v) is 14.4. The Morgan fingerprint density at radius 1 is 1.24 bits per heavy atom. The van der Waals surface area contributed by atoms with E-state index in [1.807, 2.05) is 0 Å². The smallest absolute Gasteiger partial charge is 0.162 e. The summed E-state index contributed by atoms with van der Waals surface area (Å²) in [5.74, 6) is 3.21. The van der Waals surface area contributed by atoms with Crippen LogP contribution in [0.1, 0.15) is 44.7 Å². The van der Waals surface area contributed by atoms with E-state index in [9.17, 15) is 0 Å². The highest BCUT2D eigenvalue weighted by Crippen LogP contribution is 2.45. The Kier molecular flexibility index (Phi) is 4.75. The maximum atomic E-state index is 5.76. The summed E-state index contributed by atoms with van der Waals surface area (Å²) in [6.45, 7) is 6.82. The first-order chi connectivity index (χ1) is 10.2. The maximum absolute atomic E-state index is 5.76. The van der Waals surface area contributed by atoms with Crippen LogP contribution < -0.4 is 14.8 Å². The Hall–Kier alpha value is -0.740. The zero-order valence-electron chi connectivity index (χ0n) is 12.8. The monoisotopic (exact) mass is 353 g/mol. The van der Waals surface area contributed by atoms with Crippen molar-refractivity contribution in [3.05, 3.63) is 22.2 Å². The molecule has 3 rings (SSSR count). The number of hydrogen-bond donors (Lipinski definition) is 1. The second-order valence-corrected chi connectivity index (χ2v) is 6.98. The Morgan fingerprint density at radius 3 is 2.57 bits per heavy atom. The van der Waals surface area contributed by atoms with Gasteiger partial charge in [-0.05, 0) is 42.5 Å². The van der Waals surface area contributed by atoms with Gasteiger partial charge in [-0.1, -0.05) is 42.6 Å². The van der Waals surface area contributed by atoms with Crippen molar-refractivity contribution in [3.8, 4) is 11.5 Å². The van der Waals surface area contributed by atoms with Gasteiger partial charge in [0.05, 0.1) is 0 Å². The molecule has 1 heterocycles. The summed E-state index contributed by atoms with van der Waals surface area (Å²) in [6, 6.07) is 4.61. The van der Waals surface area contributed by atoms with Gasteiger partial charge in [0.1, 0.15) is 13.2 Å². The molecule has 0 bridgehead atoms. The molecule has 1 aromatic rings. The molecule has 0 radical (unpaired) electrons. The molecule has 3 atom stereocenters. The largest absolute Gasteiger partial charge is 0.486 e. The van der Waals surface area contributed by atoms with E-state index in [-0.39, 0.29) is 0 Å². The van der Waals surface area contributed by atoms with Gasteiger partial charge in [0.15, 0.2) is 11.5 Å². The minimum Gasteiger partial charge on any atom is -0.486 e. The Bertz CT molecular complexity index is 506. The molecule has 2 aliphatic rings. The SMILES string of the molecule is CCNC(c1cc2c(cc1Br)OCCO2)C1CCCC1C. The summed E-state index contributed by atoms with van der Waals surface area (Å²) in [5, 5.41) is 3.69. The van der Waals surface area contributed by atoms with Gasteiger partial charge in [-0.25, -0.2) is 0 Å². The van der Waals surface area contributed by atoms with Crippen LogP contribution in [0.25, 0.3) is 0 Å². The van der Waals surface area contributed by atoms with Crippen molar-refractivity contribution in [2.24, 2.45) is 11.8 Å². The molecule has 1 fully saturated rings. The number of halogens is 1. The summed E-state index contributed by atoms with van der Waals surface area (Å²) < 4.78 is 12.6. The fourth-order valence-electron chi connectivity index (χ4n) is 3.70. The molecular weight excluding hydrogens is 330 g/mol. The van der Waals surface area contributed by atoms with E-state index in [2.05, 4.69) is 47.2 Å². The minimum atomic E-state index is 0.387. The van der Waals surface area contributed by atoms with Crippen LogP contribution in [0, 0.1) is 11.8 Å². The van der Waals surface area contributed by atoms with E-state index < -0.39 is 0 Å². The average molecular weight is 354 g/mol. The summed E-state index contributed by atoms with van der Waals surface area (Å²) in [7, 11) is 0. The van der Waals surface area contributed by atoms with Crippen molar-refractivity contribution < 1.29 is 9.47 Å². The molecule has 1 aromatic carbocycles. The molecule has 116 valence electrons. The lowest BCUT2D eigenvalue weighted by atomic mass is 9.85. The third-order valence-corrected chi connectivity index (χ3v) is 5.46. The number of fused-ring (bicyclic) bond motifs is 1. The van der Waals surface area contributed by atoms with Crippen molar-refractivity contribution >= 4 is 15.9 Å². The van der Waals surface area contributed by atoms with Crippen LogP contribution in [0.2, 0.25) is 0 Å². The summed E-state index contributed by atoms with van der Waals surface area (Å²) in [4.78, 5) is 0. The van der Waals surface area contributed by atoms with Gasteiger partial charge in [0, 0.05) is 10.5 Å². The van der Waals surface area contributed by atoms with E-state index in [4.69, 9.17) is 9.47 Å². The average Bonchev–Trinajstić information content (AvgIpc) is 2.90. The molecule has 1 saturated carbocycles. The molecule has 0 spiro atoms. The molecule has 3 unspecified atom stereocenters. The predicted molar refractivity (Wildman–Crippen MR) is 88.1 cm³/mol. The lowest BCUT2D eigenvalue weighted by molar-refractivity contribution is 0.170. The molecular formula is C17H24BrNO2. The molecule has 4 heteroatoms. The highest BCUT2D eigenvalue weighted by atomic mass is 79.9. The minimum absolute atomic E-state index is 0.387. The molecule has 21 heavy (non-hydrogen) atoms. The van der Waals surface area contributed by atoms with Crippen molar-refractivity contribution in [2.75, 3.05) is 19.8 Å². The number of ether oxygens (including phenoxy) is 2. The van der Waals surface area contributed by atoms with E-state index in [0.717, 1.165) is 28.4 Å². The van der Waals surface area contributed by atoms with Crippen molar-refractivity contribution in [1.82, 2.24) is 5.32 Å². The molecule has 3 nitrogen and oxygen atoms in total. The number of benzene rings is 1. The van der Waals surface area contributed by atoms with Gasteiger partial charge < -0.3 is 14.8 Å². The topological polar surface area (TPSA) is 30.5 Å². The summed E-state index contributed by atoms with van der Waals surface area (Å²) in [6.07, 6.45) is 3.99. The summed E-state index contributed by atoms with van der Waals surface area (Å²) in [5.41, 5.74) is 1.31. The quantitative estimate of drug-likeness (QED) is 0.874. The molecule has 0 aromatic heterocycles. The van der Waals surface area contributed by atoms with E-state index in [0.29, 0.717) is 25.2 Å². The van der Waals surface area contributed by atoms with Gasteiger partial charge in [-0.3, -0.25) is 0 Å². The van der Waals surface area contributed by atoms with Gasteiger partial charge >= 0.3 is 0 Å². The fraction of sp³-hybridized carbons (Fsp3) is 0.647. The highest BCUT2D eigenvalue weighted by Gasteiger charge is 2.33. The normalized spacial score (nSPS) is 25.9. The maximum Gasteiger partial charge on any atom is 0.162 e. The Morgan fingerprint density at radius 2 is 1.95 bits per heavy atom. The van der Waals surface area contributed by atoms with Crippen molar-refractivity contribution in [2.45, 2.75) is 39.2 Å². The Labute approximate surface area is 135 Å². The van der Waals surface area contributed by atoms with Crippen LogP contribution in [0.3, 0.4) is 0 Å². The van der Waals surface area contributed by atoms with E-state index >= 15 is 0 Å². The second kappa shape index (κ2) is 6.57. The first-order valence-electron chi connectivity index (χ1n) is 8.03. The molecule has 1 aliphatic carbocycles. The van der Waals surface area contributed by atoms with E-state index in [1.54, 1.807) is 0 Å². The molecule has 0 saturated heterocycles. The highest BCUT2D eigenvalue weighted by molar-refractivity contribution is 9.10. The number of nitrogens with one attached hydrogen (secondary N) is 1. The van der Waals surface area contributed by atoms with Crippen LogP contribution >= 0.6 is 15.9 Å². The van der Waals surface area contributed by atoms with Crippen LogP contribution in [-0.2, 0) is 0 Å². The standard InChI is InChI=1S/C17H24BrNO2/c1-3-19-17(12-6-4-5-11(12)2)13-9-15-16(10-14(13)18)21-8-7-20-15/h9-12,17,19H,3-8H2,1-2H3.